The molecular formula is C14H17N3OS. The first-order valence-corrected chi connectivity index (χ1v) is 7.65. The van der Waals surface area contributed by atoms with E-state index in [1.165, 1.54) is 0 Å². The Hall–Kier alpha value is -1.75. The van der Waals surface area contributed by atoms with Crippen LogP contribution in [0.15, 0.2) is 42.6 Å². The Bertz CT molecular complexity index is 545. The molecule has 0 aliphatic carbocycles. The average Bonchev–Trinajstić information content (AvgIpc) is 2.40. The maximum absolute atomic E-state index is 11.9. The molecule has 1 heterocycles. The van der Waals surface area contributed by atoms with Gasteiger partial charge < -0.3 is 5.32 Å². The lowest BCUT2D eigenvalue weighted by molar-refractivity contribution is 0.682. The number of hydrogen-bond donors (Lipinski definition) is 1. The number of hydrogen-bond acceptors (Lipinski definition) is 4. The lowest BCUT2D eigenvalue weighted by Gasteiger charge is -2.05. The lowest BCUT2D eigenvalue weighted by Crippen LogP contribution is -2.14. The first-order chi connectivity index (χ1) is 9.24. The summed E-state index contributed by atoms with van der Waals surface area (Å²) < 4.78 is 11.9. The van der Waals surface area contributed by atoms with E-state index in [-0.39, 0.29) is 0 Å². The summed E-state index contributed by atoms with van der Waals surface area (Å²) in [6.07, 6.45) is 1.71. The molecule has 0 spiro atoms. The summed E-state index contributed by atoms with van der Waals surface area (Å²) in [6.45, 7) is 2.53. The van der Waals surface area contributed by atoms with Gasteiger partial charge in [-0.05, 0) is 18.6 Å². The molecule has 1 aromatic heterocycles. The van der Waals surface area contributed by atoms with Gasteiger partial charge in [0.15, 0.2) is 0 Å². The smallest absolute Gasteiger partial charge is 0.222 e. The van der Waals surface area contributed by atoms with Crippen LogP contribution in [-0.4, -0.2) is 26.5 Å². The van der Waals surface area contributed by atoms with Gasteiger partial charge in [-0.1, -0.05) is 30.3 Å². The zero-order valence-corrected chi connectivity index (χ0v) is 11.7. The van der Waals surface area contributed by atoms with Crippen LogP contribution in [0.4, 0.5) is 5.95 Å². The lowest BCUT2D eigenvalue weighted by atomic mass is 10.2. The van der Waals surface area contributed by atoms with Crippen molar-refractivity contribution in [2.45, 2.75) is 12.7 Å². The van der Waals surface area contributed by atoms with Crippen LogP contribution in [-0.2, 0) is 16.6 Å². The third kappa shape index (κ3) is 4.79. The number of rotatable bonds is 6. The summed E-state index contributed by atoms with van der Waals surface area (Å²) in [6, 6.07) is 11.7. The van der Waals surface area contributed by atoms with E-state index in [0.717, 1.165) is 11.3 Å². The molecule has 1 N–H and O–H groups in total. The van der Waals surface area contributed by atoms with Gasteiger partial charge in [0, 0.05) is 40.7 Å². The van der Waals surface area contributed by atoms with E-state index in [1.807, 2.05) is 43.3 Å². The molecule has 1 unspecified atom stereocenters. The van der Waals surface area contributed by atoms with Crippen molar-refractivity contribution in [3.63, 3.8) is 0 Å². The normalized spacial score (nSPS) is 12.1. The molecule has 0 saturated heterocycles. The third-order valence-corrected chi connectivity index (χ3v) is 3.89. The molecule has 1 atom stereocenters. The molecule has 1 aromatic carbocycles. The van der Waals surface area contributed by atoms with Crippen molar-refractivity contribution < 1.29 is 4.21 Å². The number of aromatic nitrogens is 2. The third-order valence-electron chi connectivity index (χ3n) is 2.58. The average molecular weight is 275 g/mol. The number of anilines is 1. The molecule has 2 aromatic rings. The fourth-order valence-corrected chi connectivity index (χ4v) is 2.68. The quantitative estimate of drug-likeness (QED) is 0.877. The van der Waals surface area contributed by atoms with E-state index in [9.17, 15) is 4.21 Å². The topological polar surface area (TPSA) is 54.9 Å². The van der Waals surface area contributed by atoms with Crippen molar-refractivity contribution in [3.05, 3.63) is 53.9 Å². The Morgan fingerprint density at radius 3 is 2.74 bits per heavy atom. The minimum atomic E-state index is -0.868. The van der Waals surface area contributed by atoms with Crippen molar-refractivity contribution in [1.82, 2.24) is 9.97 Å². The van der Waals surface area contributed by atoms with Crippen molar-refractivity contribution in [2.75, 3.05) is 17.6 Å². The van der Waals surface area contributed by atoms with Crippen LogP contribution in [0.5, 0.6) is 0 Å². The molecule has 5 heteroatoms. The van der Waals surface area contributed by atoms with Gasteiger partial charge in [-0.25, -0.2) is 9.97 Å². The molecule has 100 valence electrons. The minimum absolute atomic E-state index is 0.589. The van der Waals surface area contributed by atoms with Gasteiger partial charge in [0.1, 0.15) is 0 Å². The molecular weight excluding hydrogens is 258 g/mol. The zero-order chi connectivity index (χ0) is 13.5. The Morgan fingerprint density at radius 2 is 2.00 bits per heavy atom. The van der Waals surface area contributed by atoms with E-state index in [1.54, 1.807) is 6.20 Å². The number of aryl methyl sites for hydroxylation is 1. The van der Waals surface area contributed by atoms with Crippen LogP contribution in [0.2, 0.25) is 0 Å². The van der Waals surface area contributed by atoms with Gasteiger partial charge in [-0.3, -0.25) is 4.21 Å². The Balaban J connectivity index is 1.75. The Labute approximate surface area is 115 Å². The van der Waals surface area contributed by atoms with Crippen LogP contribution in [0.3, 0.4) is 0 Å². The van der Waals surface area contributed by atoms with Gasteiger partial charge in [-0.2, -0.15) is 0 Å². The van der Waals surface area contributed by atoms with Crippen molar-refractivity contribution in [2.24, 2.45) is 0 Å². The van der Waals surface area contributed by atoms with Crippen molar-refractivity contribution in [3.8, 4) is 0 Å². The second kappa shape index (κ2) is 6.99. The predicted molar refractivity (Wildman–Crippen MR) is 78.4 cm³/mol. The standard InChI is InChI=1S/C14H17N3OS/c1-12-7-8-15-14(17-12)16-9-10-19(18)11-13-5-3-2-4-6-13/h2-8H,9-11H2,1H3,(H,15,16,17). The molecule has 0 radical (unpaired) electrons. The van der Waals surface area contributed by atoms with Crippen LogP contribution >= 0.6 is 0 Å². The maximum Gasteiger partial charge on any atom is 0.222 e. The summed E-state index contributed by atoms with van der Waals surface area (Å²) in [7, 11) is -0.868. The highest BCUT2D eigenvalue weighted by Crippen LogP contribution is 2.03. The largest absolute Gasteiger partial charge is 0.353 e. The van der Waals surface area contributed by atoms with Gasteiger partial charge in [0.05, 0.1) is 0 Å². The second-order valence-corrected chi connectivity index (χ2v) is 5.80. The van der Waals surface area contributed by atoms with Gasteiger partial charge in [-0.15, -0.1) is 0 Å². The molecule has 19 heavy (non-hydrogen) atoms. The summed E-state index contributed by atoms with van der Waals surface area (Å²) in [5.41, 5.74) is 2.02. The van der Waals surface area contributed by atoms with E-state index in [4.69, 9.17) is 0 Å². The second-order valence-electron chi connectivity index (χ2n) is 4.22. The van der Waals surface area contributed by atoms with Crippen molar-refractivity contribution >= 4 is 16.7 Å². The number of benzene rings is 1. The number of nitrogens with zero attached hydrogens (tertiary/aromatic N) is 2. The Kier molecular flexibility index (Phi) is 5.03. The van der Waals surface area contributed by atoms with Crippen molar-refractivity contribution in [1.29, 1.82) is 0 Å². The van der Waals surface area contributed by atoms with Crippen LogP contribution in [0.1, 0.15) is 11.3 Å². The van der Waals surface area contributed by atoms with E-state index in [0.29, 0.717) is 24.0 Å². The zero-order valence-electron chi connectivity index (χ0n) is 10.9. The van der Waals surface area contributed by atoms with Crippen LogP contribution < -0.4 is 5.32 Å². The van der Waals surface area contributed by atoms with Gasteiger partial charge in [0.2, 0.25) is 5.95 Å². The molecule has 0 saturated carbocycles. The van der Waals surface area contributed by atoms with E-state index in [2.05, 4.69) is 15.3 Å². The first-order valence-electron chi connectivity index (χ1n) is 6.16. The highest BCUT2D eigenvalue weighted by atomic mass is 32.2. The number of nitrogens with one attached hydrogen (secondary N) is 1. The fourth-order valence-electron chi connectivity index (χ4n) is 1.64. The molecule has 2 rings (SSSR count). The summed E-state index contributed by atoms with van der Waals surface area (Å²) >= 11 is 0. The van der Waals surface area contributed by atoms with Crippen LogP contribution in [0.25, 0.3) is 0 Å². The van der Waals surface area contributed by atoms with E-state index >= 15 is 0 Å². The summed E-state index contributed by atoms with van der Waals surface area (Å²) in [5.74, 6) is 1.78. The SMILES string of the molecule is Cc1ccnc(NCCS(=O)Cc2ccccc2)n1. The first kappa shape index (κ1) is 13.7. The summed E-state index contributed by atoms with van der Waals surface area (Å²) in [4.78, 5) is 8.33. The fraction of sp³-hybridized carbons (Fsp3) is 0.286. The molecule has 0 aliphatic rings. The monoisotopic (exact) mass is 275 g/mol. The molecule has 0 bridgehead atoms. The highest BCUT2D eigenvalue weighted by Gasteiger charge is 2.02. The predicted octanol–water partition coefficient (Wildman–Crippen LogP) is 2.15. The van der Waals surface area contributed by atoms with Gasteiger partial charge >= 0.3 is 0 Å². The Morgan fingerprint density at radius 1 is 1.21 bits per heavy atom. The summed E-state index contributed by atoms with van der Waals surface area (Å²) in [5, 5.41) is 3.09. The molecule has 0 fully saturated rings. The van der Waals surface area contributed by atoms with E-state index < -0.39 is 10.8 Å². The maximum atomic E-state index is 11.9. The molecule has 0 amide bonds. The van der Waals surface area contributed by atoms with Gasteiger partial charge in [0.25, 0.3) is 0 Å². The van der Waals surface area contributed by atoms with Crippen LogP contribution in [0, 0.1) is 6.92 Å². The molecule has 4 nitrogen and oxygen atoms in total. The highest BCUT2D eigenvalue weighted by molar-refractivity contribution is 7.84. The molecule has 0 aliphatic heterocycles. The minimum Gasteiger partial charge on any atom is -0.353 e.